The van der Waals surface area contributed by atoms with E-state index in [-0.39, 0.29) is 47.8 Å². The van der Waals surface area contributed by atoms with Crippen LogP contribution in [0.5, 0.6) is 0 Å². The number of aryl methyl sites for hydroxylation is 1. The van der Waals surface area contributed by atoms with Gasteiger partial charge in [0.2, 0.25) is 0 Å². The van der Waals surface area contributed by atoms with Crippen molar-refractivity contribution in [1.29, 1.82) is 0 Å². The molecule has 1 aromatic carbocycles. The molecular formula is C17H15Cl2N7O5. The molecule has 0 atom stereocenters. The van der Waals surface area contributed by atoms with E-state index in [1.807, 2.05) is 0 Å². The highest BCUT2D eigenvalue weighted by Gasteiger charge is 2.20. The summed E-state index contributed by atoms with van der Waals surface area (Å²) in [4.78, 5) is 38.3. The summed E-state index contributed by atoms with van der Waals surface area (Å²) in [6.45, 7) is 1.83. The van der Waals surface area contributed by atoms with Crippen LogP contribution in [0.1, 0.15) is 32.6 Å². The molecule has 3 rings (SSSR count). The Hall–Kier alpha value is -3.51. The van der Waals surface area contributed by atoms with Crippen LogP contribution < -0.4 is 10.6 Å². The van der Waals surface area contributed by atoms with Crippen LogP contribution in [0.25, 0.3) is 0 Å². The van der Waals surface area contributed by atoms with Crippen molar-refractivity contribution in [3.05, 3.63) is 67.4 Å². The van der Waals surface area contributed by atoms with Crippen LogP contribution in [0, 0.1) is 17.0 Å². The Morgan fingerprint density at radius 1 is 1.19 bits per heavy atom. The van der Waals surface area contributed by atoms with Gasteiger partial charge in [-0.05, 0) is 30.0 Å². The second-order valence-electron chi connectivity index (χ2n) is 6.21. The number of hydrogen-bond acceptors (Lipinski definition) is 8. The molecule has 0 fully saturated rings. The number of nitrogens with one attached hydrogen (secondary N) is 2. The first-order chi connectivity index (χ1) is 14.7. The Kier molecular flexibility index (Phi) is 6.82. The first-order valence-corrected chi connectivity index (χ1v) is 9.53. The lowest BCUT2D eigenvalue weighted by Gasteiger charge is -2.07. The summed E-state index contributed by atoms with van der Waals surface area (Å²) in [5.41, 5.74) is 0.745. The van der Waals surface area contributed by atoms with Gasteiger partial charge in [0.1, 0.15) is 6.54 Å². The Bertz CT molecular complexity index is 1140. The smallest absolute Gasteiger partial charge is 0.358 e. The summed E-state index contributed by atoms with van der Waals surface area (Å²) >= 11 is 11.8. The first-order valence-electron chi connectivity index (χ1n) is 8.77. The van der Waals surface area contributed by atoms with E-state index in [4.69, 9.17) is 27.7 Å². The van der Waals surface area contributed by atoms with Gasteiger partial charge in [-0.2, -0.15) is 9.67 Å². The molecule has 0 saturated carbocycles. The number of carbonyl (C=O) groups is 2. The molecule has 12 nitrogen and oxygen atoms in total. The third kappa shape index (κ3) is 5.55. The number of carbonyl (C=O) groups excluding carboxylic acids is 2. The van der Waals surface area contributed by atoms with E-state index in [0.717, 1.165) is 0 Å². The molecule has 2 N–H and O–H groups in total. The number of rotatable bonds is 8. The lowest BCUT2D eigenvalue weighted by molar-refractivity contribution is -0.389. The minimum absolute atomic E-state index is 0.00704. The Balaban J connectivity index is 1.49. The Labute approximate surface area is 184 Å². The van der Waals surface area contributed by atoms with Crippen molar-refractivity contribution in [3.63, 3.8) is 0 Å². The standard InChI is InChI=1S/C17H15Cl2N7O5/c1-9-6-14(26(29)30)23-25(9)8-13-22-17(31-24-13)16(28)21-5-4-20-15(27)11-7-10(18)2-3-12(11)19/h2-3,6-7H,4-5,8H2,1H3,(H,20,27)(H,21,28). The molecule has 0 spiro atoms. The highest BCUT2D eigenvalue weighted by molar-refractivity contribution is 6.35. The molecule has 2 aromatic heterocycles. The van der Waals surface area contributed by atoms with Crippen molar-refractivity contribution in [2.45, 2.75) is 13.5 Å². The zero-order valence-electron chi connectivity index (χ0n) is 16.0. The van der Waals surface area contributed by atoms with Gasteiger partial charge in [0.15, 0.2) is 5.82 Å². The second kappa shape index (κ2) is 9.53. The van der Waals surface area contributed by atoms with Crippen molar-refractivity contribution in [3.8, 4) is 0 Å². The van der Waals surface area contributed by atoms with Crippen molar-refractivity contribution >= 4 is 40.8 Å². The fraction of sp³-hybridized carbons (Fsp3) is 0.235. The number of nitro groups is 1. The number of halogens is 2. The van der Waals surface area contributed by atoms with Gasteiger partial charge >= 0.3 is 17.6 Å². The van der Waals surface area contributed by atoms with Crippen molar-refractivity contribution in [2.24, 2.45) is 0 Å². The van der Waals surface area contributed by atoms with Crippen LogP contribution in [0.3, 0.4) is 0 Å². The second-order valence-corrected chi connectivity index (χ2v) is 7.05. The fourth-order valence-electron chi connectivity index (χ4n) is 2.48. The first kappa shape index (κ1) is 22.2. The maximum atomic E-state index is 12.1. The third-order valence-electron chi connectivity index (χ3n) is 3.98. The third-order valence-corrected chi connectivity index (χ3v) is 4.54. The SMILES string of the molecule is Cc1cc([N+](=O)[O-])nn1Cc1noc(C(=O)NCCNC(=O)c2cc(Cl)ccc2Cl)n1. The number of nitrogens with zero attached hydrogens (tertiary/aromatic N) is 5. The summed E-state index contributed by atoms with van der Waals surface area (Å²) in [5.74, 6) is -1.56. The molecule has 14 heteroatoms. The Morgan fingerprint density at radius 2 is 1.90 bits per heavy atom. The molecule has 2 amide bonds. The van der Waals surface area contributed by atoms with E-state index < -0.39 is 16.7 Å². The normalized spacial score (nSPS) is 10.7. The molecule has 0 saturated heterocycles. The van der Waals surface area contributed by atoms with Gasteiger partial charge < -0.3 is 25.3 Å². The van der Waals surface area contributed by atoms with Gasteiger partial charge in [0.05, 0.1) is 27.4 Å². The van der Waals surface area contributed by atoms with Gasteiger partial charge in [-0.1, -0.05) is 28.4 Å². The predicted molar refractivity (Wildman–Crippen MR) is 108 cm³/mol. The molecule has 162 valence electrons. The van der Waals surface area contributed by atoms with Gasteiger partial charge in [-0.25, -0.2) is 0 Å². The predicted octanol–water partition coefficient (Wildman–Crippen LogP) is 2.00. The van der Waals surface area contributed by atoms with E-state index in [9.17, 15) is 19.7 Å². The fourth-order valence-corrected chi connectivity index (χ4v) is 2.86. The minimum Gasteiger partial charge on any atom is -0.358 e. The molecule has 3 aromatic rings. The monoisotopic (exact) mass is 467 g/mol. The van der Waals surface area contributed by atoms with E-state index in [1.165, 1.54) is 22.9 Å². The lowest BCUT2D eigenvalue weighted by Crippen LogP contribution is -2.35. The van der Waals surface area contributed by atoms with E-state index >= 15 is 0 Å². The minimum atomic E-state index is -0.642. The topological polar surface area (TPSA) is 158 Å². The van der Waals surface area contributed by atoms with Crippen LogP contribution in [0.15, 0.2) is 28.8 Å². The molecule has 0 unspecified atom stereocenters. The van der Waals surface area contributed by atoms with Gasteiger partial charge in [0, 0.05) is 18.1 Å². The van der Waals surface area contributed by atoms with Gasteiger partial charge in [-0.3, -0.25) is 9.59 Å². The van der Waals surface area contributed by atoms with Gasteiger partial charge in [-0.15, -0.1) is 0 Å². The zero-order chi connectivity index (χ0) is 22.5. The molecule has 0 bridgehead atoms. The highest BCUT2D eigenvalue weighted by atomic mass is 35.5. The van der Waals surface area contributed by atoms with Crippen LogP contribution in [0.4, 0.5) is 5.82 Å². The van der Waals surface area contributed by atoms with Gasteiger partial charge in [0.25, 0.3) is 5.91 Å². The Morgan fingerprint density at radius 3 is 2.58 bits per heavy atom. The van der Waals surface area contributed by atoms with Crippen molar-refractivity contribution in [1.82, 2.24) is 30.6 Å². The van der Waals surface area contributed by atoms with Crippen LogP contribution in [-0.4, -0.2) is 49.7 Å². The largest absolute Gasteiger partial charge is 0.390 e. The average molecular weight is 468 g/mol. The molecule has 0 radical (unpaired) electrons. The van der Waals surface area contributed by atoms with E-state index in [2.05, 4.69) is 25.9 Å². The van der Waals surface area contributed by atoms with Crippen molar-refractivity contribution < 1.29 is 19.0 Å². The summed E-state index contributed by atoms with van der Waals surface area (Å²) in [5, 5.41) is 24.0. The maximum absolute atomic E-state index is 12.1. The molecule has 0 aliphatic rings. The summed E-state index contributed by atoms with van der Waals surface area (Å²) in [6.07, 6.45) is 0. The van der Waals surface area contributed by atoms with Crippen LogP contribution in [-0.2, 0) is 6.54 Å². The summed E-state index contributed by atoms with van der Waals surface area (Å²) < 4.78 is 6.22. The van der Waals surface area contributed by atoms with Crippen LogP contribution >= 0.6 is 23.2 Å². The lowest BCUT2D eigenvalue weighted by atomic mass is 10.2. The molecular weight excluding hydrogens is 453 g/mol. The number of aromatic nitrogens is 4. The molecule has 0 aliphatic carbocycles. The zero-order valence-corrected chi connectivity index (χ0v) is 17.5. The number of amides is 2. The number of hydrogen-bond donors (Lipinski definition) is 2. The van der Waals surface area contributed by atoms with E-state index in [1.54, 1.807) is 13.0 Å². The maximum Gasteiger partial charge on any atom is 0.390 e. The highest BCUT2D eigenvalue weighted by Crippen LogP contribution is 2.20. The average Bonchev–Trinajstić information content (AvgIpc) is 3.34. The summed E-state index contributed by atoms with van der Waals surface area (Å²) in [6, 6.07) is 5.82. The van der Waals surface area contributed by atoms with Crippen LogP contribution in [0.2, 0.25) is 10.0 Å². The molecule has 31 heavy (non-hydrogen) atoms. The summed E-state index contributed by atoms with van der Waals surface area (Å²) in [7, 11) is 0. The van der Waals surface area contributed by atoms with E-state index in [0.29, 0.717) is 10.7 Å². The molecule has 2 heterocycles. The quantitative estimate of drug-likeness (QED) is 0.289. The molecule has 0 aliphatic heterocycles. The van der Waals surface area contributed by atoms with Crippen molar-refractivity contribution in [2.75, 3.05) is 13.1 Å². The number of benzene rings is 1.